The average molecular weight is 325 g/mol. The Morgan fingerprint density at radius 1 is 0.792 bits per heavy atom. The Kier molecular flexibility index (Phi) is 7.48. The molecule has 0 heterocycles. The minimum Gasteiger partial charge on any atom is -0.364 e. The van der Waals surface area contributed by atoms with Gasteiger partial charge in [-0.15, -0.1) is 0 Å². The molecular weight excluding hydrogens is 294 g/mol. The predicted octanol–water partition coefficient (Wildman–Crippen LogP) is 5.09. The molecule has 0 spiro atoms. The van der Waals surface area contributed by atoms with Crippen molar-refractivity contribution >= 4 is 0 Å². The molecule has 0 aromatic heterocycles. The highest BCUT2D eigenvalue weighted by Crippen LogP contribution is 2.38. The van der Waals surface area contributed by atoms with Gasteiger partial charge in [0.25, 0.3) is 0 Å². The number of likely N-dealkylation sites (N-methyl/N-ethyl adjacent to an activating group) is 1. The lowest BCUT2D eigenvalue weighted by Gasteiger charge is -2.36. The second-order valence-electron chi connectivity index (χ2n) is 6.18. The first kappa shape index (κ1) is 18.7. The van der Waals surface area contributed by atoms with E-state index >= 15 is 0 Å². The Labute approximate surface area is 147 Å². The van der Waals surface area contributed by atoms with E-state index in [1.165, 1.54) is 11.1 Å². The van der Waals surface area contributed by atoms with E-state index in [1.807, 2.05) is 0 Å². The maximum absolute atomic E-state index is 6.63. The molecule has 0 amide bonds. The number of hydrogen-bond donors (Lipinski definition) is 0. The van der Waals surface area contributed by atoms with Crippen LogP contribution in [-0.4, -0.2) is 31.1 Å². The fourth-order valence-corrected chi connectivity index (χ4v) is 3.35. The van der Waals surface area contributed by atoms with E-state index < -0.39 is 0 Å². The van der Waals surface area contributed by atoms with Crippen molar-refractivity contribution in [2.45, 2.75) is 39.2 Å². The van der Waals surface area contributed by atoms with Crippen molar-refractivity contribution in [1.82, 2.24) is 4.90 Å². The summed E-state index contributed by atoms with van der Waals surface area (Å²) in [5.41, 5.74) is 2.14. The molecule has 2 aromatic rings. The number of nitrogens with zero attached hydrogens (tertiary/aromatic N) is 1. The van der Waals surface area contributed by atoms with Crippen LogP contribution in [0.25, 0.3) is 0 Å². The molecule has 0 unspecified atom stereocenters. The van der Waals surface area contributed by atoms with Crippen LogP contribution in [0.4, 0.5) is 0 Å². The van der Waals surface area contributed by atoms with E-state index in [2.05, 4.69) is 86.3 Å². The van der Waals surface area contributed by atoms with E-state index in [1.54, 1.807) is 0 Å². The van der Waals surface area contributed by atoms with Crippen LogP contribution in [0.2, 0.25) is 0 Å². The van der Waals surface area contributed by atoms with Crippen molar-refractivity contribution in [3.8, 4) is 0 Å². The second-order valence-corrected chi connectivity index (χ2v) is 6.18. The van der Waals surface area contributed by atoms with Crippen LogP contribution in [0.1, 0.15) is 44.7 Å². The van der Waals surface area contributed by atoms with E-state index in [9.17, 15) is 0 Å². The second kappa shape index (κ2) is 9.61. The molecule has 0 N–H and O–H groups in total. The molecule has 2 nitrogen and oxygen atoms in total. The molecule has 0 atom stereocenters. The van der Waals surface area contributed by atoms with Crippen molar-refractivity contribution < 1.29 is 4.74 Å². The van der Waals surface area contributed by atoms with Gasteiger partial charge >= 0.3 is 0 Å². The lowest BCUT2D eigenvalue weighted by Crippen LogP contribution is -2.35. The molecule has 2 aromatic carbocycles. The zero-order chi connectivity index (χ0) is 17.3. The van der Waals surface area contributed by atoms with E-state index in [-0.39, 0.29) is 5.60 Å². The summed E-state index contributed by atoms with van der Waals surface area (Å²) in [5.74, 6) is 0. The van der Waals surface area contributed by atoms with Gasteiger partial charge in [0.15, 0.2) is 0 Å². The van der Waals surface area contributed by atoms with Crippen molar-refractivity contribution in [1.29, 1.82) is 0 Å². The van der Waals surface area contributed by atoms with Gasteiger partial charge in [-0.05, 0) is 30.6 Å². The molecule has 24 heavy (non-hydrogen) atoms. The van der Waals surface area contributed by atoms with Gasteiger partial charge in [0.1, 0.15) is 5.60 Å². The molecule has 0 aliphatic carbocycles. The van der Waals surface area contributed by atoms with Crippen LogP contribution in [-0.2, 0) is 10.3 Å². The summed E-state index contributed by atoms with van der Waals surface area (Å²) < 4.78 is 6.63. The normalized spacial score (nSPS) is 11.8. The van der Waals surface area contributed by atoms with Gasteiger partial charge < -0.3 is 9.64 Å². The molecule has 0 saturated heterocycles. The summed E-state index contributed by atoms with van der Waals surface area (Å²) in [5, 5.41) is 0. The Bertz CT molecular complexity index is 524. The molecule has 0 bridgehead atoms. The fourth-order valence-electron chi connectivity index (χ4n) is 3.35. The highest BCUT2D eigenvalue weighted by molar-refractivity contribution is 5.36. The molecule has 0 saturated carbocycles. The van der Waals surface area contributed by atoms with Gasteiger partial charge in [-0.2, -0.15) is 0 Å². The third kappa shape index (κ3) is 4.46. The van der Waals surface area contributed by atoms with Gasteiger partial charge in [0.2, 0.25) is 0 Å². The van der Waals surface area contributed by atoms with Gasteiger partial charge in [-0.1, -0.05) is 87.9 Å². The standard InChI is InChI=1S/C22H31NO/c1-4-17-22(20-13-9-7-10-14-20,21-15-11-8-12-16-21)24-19-18-23(5-2)6-3/h7-16H,4-6,17-19H2,1-3H3. The summed E-state index contributed by atoms with van der Waals surface area (Å²) in [6, 6.07) is 21.3. The largest absolute Gasteiger partial charge is 0.364 e. The molecular formula is C22H31NO. The van der Waals surface area contributed by atoms with Crippen LogP contribution in [0.3, 0.4) is 0 Å². The SMILES string of the molecule is CCCC(OCCN(CC)CC)(c1ccccc1)c1ccccc1. The molecule has 130 valence electrons. The number of hydrogen-bond acceptors (Lipinski definition) is 2. The minimum absolute atomic E-state index is 0.357. The van der Waals surface area contributed by atoms with Crippen LogP contribution in [0, 0.1) is 0 Å². The van der Waals surface area contributed by atoms with E-state index in [0.29, 0.717) is 0 Å². The smallest absolute Gasteiger partial charge is 0.118 e. The van der Waals surface area contributed by atoms with Gasteiger partial charge in [-0.3, -0.25) is 0 Å². The summed E-state index contributed by atoms with van der Waals surface area (Å²) in [7, 11) is 0. The Morgan fingerprint density at radius 3 is 1.71 bits per heavy atom. The maximum atomic E-state index is 6.63. The van der Waals surface area contributed by atoms with Crippen LogP contribution in [0.15, 0.2) is 60.7 Å². The first-order valence-corrected chi connectivity index (χ1v) is 9.24. The quantitative estimate of drug-likeness (QED) is 0.603. The Morgan fingerprint density at radius 2 is 1.29 bits per heavy atom. The number of benzene rings is 2. The highest BCUT2D eigenvalue weighted by atomic mass is 16.5. The summed E-state index contributed by atoms with van der Waals surface area (Å²) >= 11 is 0. The third-order valence-electron chi connectivity index (χ3n) is 4.73. The summed E-state index contributed by atoms with van der Waals surface area (Å²) in [6.45, 7) is 10.5. The topological polar surface area (TPSA) is 12.5 Å². The minimum atomic E-state index is -0.357. The van der Waals surface area contributed by atoms with Crippen molar-refractivity contribution in [2.75, 3.05) is 26.2 Å². The average Bonchev–Trinajstić information content (AvgIpc) is 2.66. The van der Waals surface area contributed by atoms with Crippen molar-refractivity contribution in [3.63, 3.8) is 0 Å². The molecule has 0 fully saturated rings. The fraction of sp³-hybridized carbons (Fsp3) is 0.455. The highest BCUT2D eigenvalue weighted by Gasteiger charge is 2.34. The molecule has 0 radical (unpaired) electrons. The molecule has 2 heteroatoms. The first-order valence-electron chi connectivity index (χ1n) is 9.24. The van der Waals surface area contributed by atoms with E-state index in [0.717, 1.165) is 39.1 Å². The van der Waals surface area contributed by atoms with Crippen molar-refractivity contribution in [3.05, 3.63) is 71.8 Å². The summed E-state index contributed by atoms with van der Waals surface area (Å²) in [6.07, 6.45) is 2.06. The van der Waals surface area contributed by atoms with Crippen LogP contribution >= 0.6 is 0 Å². The van der Waals surface area contributed by atoms with Gasteiger partial charge in [0.05, 0.1) is 6.61 Å². The predicted molar refractivity (Wildman–Crippen MR) is 102 cm³/mol. The number of rotatable bonds is 10. The first-order chi connectivity index (χ1) is 11.8. The monoisotopic (exact) mass is 325 g/mol. The zero-order valence-corrected chi connectivity index (χ0v) is 15.4. The maximum Gasteiger partial charge on any atom is 0.118 e. The molecule has 0 aliphatic heterocycles. The lowest BCUT2D eigenvalue weighted by molar-refractivity contribution is -0.0332. The number of ether oxygens (including phenoxy) is 1. The van der Waals surface area contributed by atoms with Crippen LogP contribution < -0.4 is 0 Å². The van der Waals surface area contributed by atoms with Crippen molar-refractivity contribution in [2.24, 2.45) is 0 Å². The lowest BCUT2D eigenvalue weighted by atomic mass is 9.82. The van der Waals surface area contributed by atoms with Crippen LogP contribution in [0.5, 0.6) is 0 Å². The van der Waals surface area contributed by atoms with E-state index in [4.69, 9.17) is 4.74 Å². The zero-order valence-electron chi connectivity index (χ0n) is 15.4. The van der Waals surface area contributed by atoms with Gasteiger partial charge in [0, 0.05) is 6.54 Å². The third-order valence-corrected chi connectivity index (χ3v) is 4.73. The Hall–Kier alpha value is -1.64. The molecule has 2 rings (SSSR count). The van der Waals surface area contributed by atoms with Gasteiger partial charge in [-0.25, -0.2) is 0 Å². The summed E-state index contributed by atoms with van der Waals surface area (Å²) in [4.78, 5) is 2.41. The Balaban J connectivity index is 2.32. The molecule has 0 aliphatic rings.